The normalized spacial score (nSPS) is 16.6. The van der Waals surface area contributed by atoms with E-state index in [9.17, 15) is 20.0 Å². The van der Waals surface area contributed by atoms with Gasteiger partial charge >= 0.3 is 0 Å². The number of hydrogen-bond donors (Lipinski definition) is 3. The zero-order valence-electron chi connectivity index (χ0n) is 11.5. The molecule has 0 radical (unpaired) electrons. The number of amides is 1. The average molecular weight is 294 g/mol. The Bertz CT molecular complexity index is 541. The fourth-order valence-electron chi connectivity index (χ4n) is 2.28. The van der Waals surface area contributed by atoms with Crippen LogP contribution in [-0.2, 0) is 4.79 Å². The van der Waals surface area contributed by atoms with Crippen LogP contribution in [0.15, 0.2) is 18.2 Å². The van der Waals surface area contributed by atoms with Gasteiger partial charge in [0, 0.05) is 19.1 Å². The van der Waals surface area contributed by atoms with Crippen molar-refractivity contribution >= 4 is 17.3 Å². The minimum Gasteiger partial charge on any atom is -0.508 e. The minimum absolute atomic E-state index is 0.0801. The third-order valence-electron chi connectivity index (χ3n) is 3.45. The van der Waals surface area contributed by atoms with Crippen molar-refractivity contribution in [1.82, 2.24) is 4.90 Å². The Balaban J connectivity index is 1.98. The summed E-state index contributed by atoms with van der Waals surface area (Å²) < 4.78 is 0. The van der Waals surface area contributed by atoms with Gasteiger partial charge in [-0.1, -0.05) is 0 Å². The van der Waals surface area contributed by atoms with E-state index in [1.165, 1.54) is 12.1 Å². The lowest BCUT2D eigenvalue weighted by molar-refractivity contribution is -0.384. The number of nitro benzene ring substituents is 1. The third-order valence-corrected chi connectivity index (χ3v) is 3.45. The number of hydrogen-bond acceptors (Lipinski definition) is 6. The summed E-state index contributed by atoms with van der Waals surface area (Å²) in [5.74, 6) is -0.538. The van der Waals surface area contributed by atoms with Gasteiger partial charge in [-0.05, 0) is 25.0 Å². The molecule has 1 aliphatic rings. The fourth-order valence-corrected chi connectivity index (χ4v) is 2.28. The van der Waals surface area contributed by atoms with Crippen LogP contribution in [0, 0.1) is 10.1 Å². The second-order valence-corrected chi connectivity index (χ2v) is 5.12. The van der Waals surface area contributed by atoms with Gasteiger partial charge in [-0.3, -0.25) is 19.8 Å². The highest BCUT2D eigenvalue weighted by Gasteiger charge is 2.20. The van der Waals surface area contributed by atoms with Crippen molar-refractivity contribution in [1.29, 1.82) is 0 Å². The number of piperidine rings is 1. The van der Waals surface area contributed by atoms with Gasteiger partial charge in [-0.2, -0.15) is 0 Å². The van der Waals surface area contributed by atoms with Gasteiger partial charge in [0.2, 0.25) is 5.91 Å². The number of nitrogens with one attached hydrogen (secondary N) is 1. The molecule has 8 heteroatoms. The average Bonchev–Trinajstić information content (AvgIpc) is 2.43. The van der Waals surface area contributed by atoms with Crippen molar-refractivity contribution in [2.24, 2.45) is 5.73 Å². The molecule has 0 saturated carbocycles. The first-order chi connectivity index (χ1) is 9.95. The summed E-state index contributed by atoms with van der Waals surface area (Å²) in [7, 11) is 0. The Hall–Kier alpha value is -2.19. The molecule has 1 saturated heterocycles. The molecule has 4 N–H and O–H groups in total. The van der Waals surface area contributed by atoms with Crippen LogP contribution in [0.1, 0.15) is 12.8 Å². The number of aromatic hydroxyl groups is 1. The van der Waals surface area contributed by atoms with E-state index < -0.39 is 4.92 Å². The van der Waals surface area contributed by atoms with Crippen LogP contribution >= 0.6 is 0 Å². The molecule has 2 rings (SSSR count). The van der Waals surface area contributed by atoms with E-state index >= 15 is 0 Å². The largest absolute Gasteiger partial charge is 0.508 e. The molecule has 1 aliphatic heterocycles. The standard InChI is InChI=1S/C13H18N4O4/c14-9-3-5-16(6-4-9)8-13(19)15-11-2-1-10(18)7-12(11)17(20)21/h1-2,7,9,18H,3-6,8,14H2,(H,15,19). The molecule has 1 fully saturated rings. The minimum atomic E-state index is -0.644. The zero-order valence-corrected chi connectivity index (χ0v) is 11.5. The summed E-state index contributed by atoms with van der Waals surface area (Å²) in [6.45, 7) is 1.66. The van der Waals surface area contributed by atoms with E-state index in [-0.39, 0.29) is 35.6 Å². The summed E-state index contributed by atoms with van der Waals surface area (Å²) in [4.78, 5) is 24.2. The molecule has 1 heterocycles. The highest BCUT2D eigenvalue weighted by molar-refractivity contribution is 5.94. The van der Waals surface area contributed by atoms with Gasteiger partial charge in [0.25, 0.3) is 5.69 Å². The van der Waals surface area contributed by atoms with Crippen molar-refractivity contribution < 1.29 is 14.8 Å². The second-order valence-electron chi connectivity index (χ2n) is 5.12. The molecule has 0 unspecified atom stereocenters. The van der Waals surface area contributed by atoms with Crippen molar-refractivity contribution in [2.75, 3.05) is 25.0 Å². The molecule has 8 nitrogen and oxygen atoms in total. The highest BCUT2D eigenvalue weighted by atomic mass is 16.6. The van der Waals surface area contributed by atoms with E-state index in [1.807, 2.05) is 4.90 Å². The Kier molecular flexibility index (Phi) is 4.71. The Morgan fingerprint density at radius 3 is 2.76 bits per heavy atom. The van der Waals surface area contributed by atoms with Crippen LogP contribution in [0.3, 0.4) is 0 Å². The SMILES string of the molecule is NC1CCN(CC(=O)Nc2ccc(O)cc2[N+](=O)[O-])CC1. The molecule has 1 aromatic rings. The molecule has 21 heavy (non-hydrogen) atoms. The predicted octanol–water partition coefficient (Wildman–Crippen LogP) is 0.662. The van der Waals surface area contributed by atoms with Crippen molar-refractivity contribution in [3.05, 3.63) is 28.3 Å². The third kappa shape index (κ3) is 4.14. The zero-order chi connectivity index (χ0) is 15.4. The number of nitrogens with two attached hydrogens (primary N) is 1. The number of benzene rings is 1. The van der Waals surface area contributed by atoms with E-state index in [1.54, 1.807) is 0 Å². The summed E-state index contributed by atoms with van der Waals surface area (Å²) in [5.41, 5.74) is 5.54. The number of nitrogens with zero attached hydrogens (tertiary/aromatic N) is 2. The van der Waals surface area contributed by atoms with Crippen molar-refractivity contribution in [2.45, 2.75) is 18.9 Å². The number of carbonyl (C=O) groups excluding carboxylic acids is 1. The van der Waals surface area contributed by atoms with Crippen LogP contribution in [-0.4, -0.2) is 46.5 Å². The molecule has 1 amide bonds. The second kappa shape index (κ2) is 6.51. The molecule has 0 spiro atoms. The number of anilines is 1. The lowest BCUT2D eigenvalue weighted by Gasteiger charge is -2.29. The first-order valence-corrected chi connectivity index (χ1v) is 6.71. The monoisotopic (exact) mass is 294 g/mol. The molecular weight excluding hydrogens is 276 g/mol. The number of phenolic OH excluding ortho intramolecular Hbond substituents is 1. The van der Waals surface area contributed by atoms with Gasteiger partial charge in [-0.15, -0.1) is 0 Å². The summed E-state index contributed by atoms with van der Waals surface area (Å²) in [6.07, 6.45) is 1.68. The summed E-state index contributed by atoms with van der Waals surface area (Å²) in [5, 5.41) is 22.7. The van der Waals surface area contributed by atoms with Crippen molar-refractivity contribution in [3.8, 4) is 5.75 Å². The van der Waals surface area contributed by atoms with Crippen LogP contribution in [0.4, 0.5) is 11.4 Å². The topological polar surface area (TPSA) is 122 Å². The van der Waals surface area contributed by atoms with Crippen LogP contribution < -0.4 is 11.1 Å². The molecule has 1 aromatic carbocycles. The van der Waals surface area contributed by atoms with Crippen LogP contribution in [0.5, 0.6) is 5.75 Å². The van der Waals surface area contributed by atoms with E-state index in [4.69, 9.17) is 5.73 Å². The molecule has 0 bridgehead atoms. The Labute approximate surface area is 121 Å². The number of phenols is 1. The first-order valence-electron chi connectivity index (χ1n) is 6.71. The van der Waals surface area contributed by atoms with Gasteiger partial charge in [0.15, 0.2) is 0 Å². The predicted molar refractivity (Wildman–Crippen MR) is 77.0 cm³/mol. The lowest BCUT2D eigenvalue weighted by atomic mass is 10.1. The van der Waals surface area contributed by atoms with Gasteiger partial charge in [0.05, 0.1) is 17.5 Å². The van der Waals surface area contributed by atoms with E-state index in [0.29, 0.717) is 0 Å². The quantitative estimate of drug-likeness (QED) is 0.426. The highest BCUT2D eigenvalue weighted by Crippen LogP contribution is 2.28. The maximum Gasteiger partial charge on any atom is 0.296 e. The molecule has 0 atom stereocenters. The molecule has 0 aromatic heterocycles. The molecular formula is C13H18N4O4. The fraction of sp³-hybridized carbons (Fsp3) is 0.462. The maximum atomic E-state index is 12.0. The number of nitro groups is 1. The number of carbonyl (C=O) groups is 1. The van der Waals surface area contributed by atoms with Crippen molar-refractivity contribution in [3.63, 3.8) is 0 Å². The Morgan fingerprint density at radius 1 is 1.48 bits per heavy atom. The maximum absolute atomic E-state index is 12.0. The van der Waals surface area contributed by atoms with Crippen LogP contribution in [0.25, 0.3) is 0 Å². The molecule has 114 valence electrons. The number of rotatable bonds is 4. The van der Waals surface area contributed by atoms with E-state index in [2.05, 4.69) is 5.32 Å². The number of likely N-dealkylation sites (tertiary alicyclic amines) is 1. The summed E-state index contributed by atoms with van der Waals surface area (Å²) >= 11 is 0. The lowest BCUT2D eigenvalue weighted by Crippen LogP contribution is -2.43. The van der Waals surface area contributed by atoms with E-state index in [0.717, 1.165) is 32.0 Å². The van der Waals surface area contributed by atoms with Gasteiger partial charge in [0.1, 0.15) is 11.4 Å². The smallest absolute Gasteiger partial charge is 0.296 e. The summed E-state index contributed by atoms with van der Waals surface area (Å²) in [6, 6.07) is 3.80. The molecule has 0 aliphatic carbocycles. The van der Waals surface area contributed by atoms with Crippen LogP contribution in [0.2, 0.25) is 0 Å². The first kappa shape index (κ1) is 15.2. The Morgan fingerprint density at radius 2 is 2.14 bits per heavy atom. The van der Waals surface area contributed by atoms with Gasteiger partial charge in [-0.25, -0.2) is 0 Å². The van der Waals surface area contributed by atoms with Gasteiger partial charge < -0.3 is 16.2 Å².